The number of amides is 1. The van der Waals surface area contributed by atoms with E-state index in [9.17, 15) is 4.79 Å². The normalized spacial score (nSPS) is 22.8. The van der Waals surface area contributed by atoms with Crippen LogP contribution in [-0.4, -0.2) is 29.4 Å². The molecule has 0 heterocycles. The molecule has 0 bridgehead atoms. The van der Waals surface area contributed by atoms with Gasteiger partial charge < -0.3 is 16.4 Å². The van der Waals surface area contributed by atoms with E-state index in [0.717, 1.165) is 44.2 Å². The summed E-state index contributed by atoms with van der Waals surface area (Å²) in [5.41, 5.74) is 14.3. The average Bonchev–Trinajstić information content (AvgIpc) is 3.58. The van der Waals surface area contributed by atoms with Crippen molar-refractivity contribution in [2.24, 2.45) is 22.4 Å². The molecule has 2 aromatic rings. The molecule has 2 unspecified atom stereocenters. The van der Waals surface area contributed by atoms with E-state index in [0.29, 0.717) is 17.9 Å². The number of allylic oxidation sites excluding steroid dienone is 1. The first kappa shape index (κ1) is 20.2. The minimum Gasteiger partial charge on any atom is -0.370 e. The number of hydrogen-bond acceptors (Lipinski definition) is 2. The molecule has 2 aromatic carbocycles. The van der Waals surface area contributed by atoms with Crippen molar-refractivity contribution in [3.8, 4) is 0 Å². The highest BCUT2D eigenvalue weighted by Crippen LogP contribution is 2.46. The first-order chi connectivity index (χ1) is 14.6. The number of aliphatic imine (C=N–C) groups is 1. The van der Waals surface area contributed by atoms with Crippen molar-refractivity contribution in [1.82, 2.24) is 4.90 Å². The van der Waals surface area contributed by atoms with Crippen molar-refractivity contribution in [2.75, 3.05) is 6.54 Å². The summed E-state index contributed by atoms with van der Waals surface area (Å²) in [6.45, 7) is 0.817. The maximum atomic E-state index is 13.4. The summed E-state index contributed by atoms with van der Waals surface area (Å²) in [5, 5.41) is 0. The van der Waals surface area contributed by atoms with Crippen LogP contribution in [0.4, 0.5) is 0 Å². The molecule has 2 aliphatic carbocycles. The van der Waals surface area contributed by atoms with E-state index in [4.69, 9.17) is 11.5 Å². The van der Waals surface area contributed by atoms with Gasteiger partial charge in [-0.15, -0.1) is 0 Å². The molecule has 5 nitrogen and oxygen atoms in total. The molecule has 2 fully saturated rings. The zero-order valence-electron chi connectivity index (χ0n) is 17.3. The highest BCUT2D eigenvalue weighted by Gasteiger charge is 2.45. The zero-order chi connectivity index (χ0) is 20.9. The molecular formula is C25H30N4O. The first-order valence-corrected chi connectivity index (χ1v) is 10.8. The van der Waals surface area contributed by atoms with Gasteiger partial charge in [-0.1, -0.05) is 54.1 Å². The van der Waals surface area contributed by atoms with Gasteiger partial charge in [-0.2, -0.15) is 0 Å². The van der Waals surface area contributed by atoms with E-state index in [1.54, 1.807) is 0 Å². The fraction of sp³-hybridized carbons (Fsp3) is 0.360. The van der Waals surface area contributed by atoms with Crippen LogP contribution in [0.15, 0.2) is 77.4 Å². The third-order valence-electron chi connectivity index (χ3n) is 6.26. The van der Waals surface area contributed by atoms with Crippen molar-refractivity contribution < 1.29 is 4.79 Å². The molecule has 1 amide bonds. The number of rotatable bonds is 6. The summed E-state index contributed by atoms with van der Waals surface area (Å²) < 4.78 is 0. The van der Waals surface area contributed by atoms with Crippen molar-refractivity contribution in [2.45, 2.75) is 44.1 Å². The van der Waals surface area contributed by atoms with Crippen LogP contribution >= 0.6 is 0 Å². The molecule has 2 aliphatic rings. The monoisotopic (exact) mass is 402 g/mol. The van der Waals surface area contributed by atoms with E-state index in [1.165, 1.54) is 11.1 Å². The smallest absolute Gasteiger partial charge is 0.254 e. The van der Waals surface area contributed by atoms with Gasteiger partial charge in [0.05, 0.1) is 0 Å². The second-order valence-corrected chi connectivity index (χ2v) is 8.43. The molecule has 0 aromatic heterocycles. The first-order valence-electron chi connectivity index (χ1n) is 10.8. The minimum atomic E-state index is 0.102. The Labute approximate surface area is 178 Å². The molecule has 0 aliphatic heterocycles. The number of carbonyl (C=O) groups is 1. The Morgan fingerprint density at radius 3 is 2.27 bits per heavy atom. The Hall–Kier alpha value is -3.08. The Balaban J connectivity index is 1.46. The lowest BCUT2D eigenvalue weighted by molar-refractivity contribution is 0.0699. The van der Waals surface area contributed by atoms with Gasteiger partial charge in [-0.25, -0.2) is 4.99 Å². The van der Waals surface area contributed by atoms with Gasteiger partial charge in [-0.3, -0.25) is 4.79 Å². The third kappa shape index (κ3) is 4.90. The van der Waals surface area contributed by atoms with E-state index in [-0.39, 0.29) is 11.9 Å². The third-order valence-corrected chi connectivity index (χ3v) is 6.26. The molecule has 4 N–H and O–H groups in total. The van der Waals surface area contributed by atoms with Crippen LogP contribution < -0.4 is 11.5 Å². The fourth-order valence-corrected chi connectivity index (χ4v) is 4.50. The maximum absolute atomic E-state index is 13.4. The molecule has 30 heavy (non-hydrogen) atoms. The number of benzene rings is 2. The lowest BCUT2D eigenvalue weighted by Crippen LogP contribution is -2.38. The van der Waals surface area contributed by atoms with Crippen LogP contribution in [0.5, 0.6) is 0 Å². The van der Waals surface area contributed by atoms with Gasteiger partial charge in [0, 0.05) is 30.3 Å². The van der Waals surface area contributed by atoms with Crippen molar-refractivity contribution in [3.05, 3.63) is 83.6 Å². The van der Waals surface area contributed by atoms with E-state index < -0.39 is 0 Å². The van der Waals surface area contributed by atoms with Crippen LogP contribution in [0.25, 0.3) is 0 Å². The van der Waals surface area contributed by atoms with Crippen molar-refractivity contribution >= 4 is 11.9 Å². The van der Waals surface area contributed by atoms with Gasteiger partial charge in [-0.05, 0) is 55.7 Å². The predicted molar refractivity (Wildman–Crippen MR) is 121 cm³/mol. The largest absolute Gasteiger partial charge is 0.370 e. The minimum absolute atomic E-state index is 0.102. The number of carbonyl (C=O) groups excluding carboxylic acids is 1. The lowest BCUT2D eigenvalue weighted by atomic mass is 9.85. The summed E-state index contributed by atoms with van der Waals surface area (Å²) >= 11 is 0. The molecule has 156 valence electrons. The topological polar surface area (TPSA) is 84.7 Å². The summed E-state index contributed by atoms with van der Waals surface area (Å²) in [7, 11) is 0. The summed E-state index contributed by atoms with van der Waals surface area (Å²) in [6, 6.07) is 20.5. The standard InChI is InChI=1S/C25H30N4O/c26-25(27)28-16-18-11-13-19(14-12-18)17-29(24(30)21-9-5-2-6-10-21)23-15-22(23)20-7-3-1-4-8-20/h1-10,16,19,22-23H,11-15,17H2,(H4,26,27,28). The molecule has 5 heteroatoms. The SMILES string of the molecule is NC(N)=NC=C1CCC(CN(C(=O)c2ccccc2)C2CC2c2ccccc2)CC1. The van der Waals surface area contributed by atoms with E-state index >= 15 is 0 Å². The lowest BCUT2D eigenvalue weighted by Gasteiger charge is -2.31. The zero-order valence-corrected chi connectivity index (χ0v) is 17.3. The van der Waals surface area contributed by atoms with Crippen molar-refractivity contribution in [3.63, 3.8) is 0 Å². The molecule has 2 saturated carbocycles. The van der Waals surface area contributed by atoms with Crippen LogP contribution in [0.1, 0.15) is 53.9 Å². The highest BCUT2D eigenvalue weighted by atomic mass is 16.2. The van der Waals surface area contributed by atoms with Gasteiger partial charge >= 0.3 is 0 Å². The molecule has 0 spiro atoms. The van der Waals surface area contributed by atoms with E-state index in [2.05, 4.69) is 34.2 Å². The number of nitrogens with zero attached hydrogens (tertiary/aromatic N) is 2. The Morgan fingerprint density at radius 1 is 1.00 bits per heavy atom. The van der Waals surface area contributed by atoms with Gasteiger partial charge in [0.25, 0.3) is 5.91 Å². The predicted octanol–water partition coefficient (Wildman–Crippen LogP) is 4.03. The van der Waals surface area contributed by atoms with Gasteiger partial charge in [0.15, 0.2) is 5.96 Å². The number of hydrogen-bond donors (Lipinski definition) is 2. The summed E-state index contributed by atoms with van der Waals surface area (Å²) in [5.74, 6) is 1.21. The molecule has 2 atom stereocenters. The second kappa shape index (κ2) is 9.16. The molecular weight excluding hydrogens is 372 g/mol. The van der Waals surface area contributed by atoms with Crippen LogP contribution in [0.2, 0.25) is 0 Å². The van der Waals surface area contributed by atoms with Crippen molar-refractivity contribution in [1.29, 1.82) is 0 Å². The Morgan fingerprint density at radius 2 is 1.63 bits per heavy atom. The summed E-state index contributed by atoms with van der Waals surface area (Å²) in [4.78, 5) is 19.6. The number of guanidine groups is 1. The average molecular weight is 403 g/mol. The van der Waals surface area contributed by atoms with Gasteiger partial charge in [0.2, 0.25) is 0 Å². The molecule has 4 rings (SSSR count). The van der Waals surface area contributed by atoms with Gasteiger partial charge in [0.1, 0.15) is 0 Å². The molecule has 0 radical (unpaired) electrons. The highest BCUT2D eigenvalue weighted by molar-refractivity contribution is 5.94. The van der Waals surface area contributed by atoms with E-state index in [1.807, 2.05) is 42.6 Å². The molecule has 0 saturated heterocycles. The van der Waals surface area contributed by atoms with Crippen LogP contribution in [0, 0.1) is 5.92 Å². The van der Waals surface area contributed by atoms with Crippen LogP contribution in [-0.2, 0) is 0 Å². The second-order valence-electron chi connectivity index (χ2n) is 8.43. The maximum Gasteiger partial charge on any atom is 0.254 e. The Kier molecular flexibility index (Phi) is 6.17. The fourth-order valence-electron chi connectivity index (χ4n) is 4.50. The summed E-state index contributed by atoms with van der Waals surface area (Å²) in [6.07, 6.45) is 6.96. The number of nitrogens with two attached hydrogens (primary N) is 2. The Bertz CT molecular complexity index is 909. The quantitative estimate of drug-likeness (QED) is 0.565. The van der Waals surface area contributed by atoms with Crippen LogP contribution in [0.3, 0.4) is 0 Å².